The van der Waals surface area contributed by atoms with Crippen LogP contribution in [0.4, 0.5) is 5.69 Å². The highest BCUT2D eigenvalue weighted by molar-refractivity contribution is 6.13. The van der Waals surface area contributed by atoms with Gasteiger partial charge in [0.25, 0.3) is 0 Å². The zero-order chi connectivity index (χ0) is 21.1. The van der Waals surface area contributed by atoms with Gasteiger partial charge in [-0.3, -0.25) is 9.59 Å². The Labute approximate surface area is 172 Å². The Morgan fingerprint density at radius 2 is 1.59 bits per heavy atom. The van der Waals surface area contributed by atoms with Crippen molar-refractivity contribution in [3.63, 3.8) is 0 Å². The van der Waals surface area contributed by atoms with Gasteiger partial charge in [-0.2, -0.15) is 0 Å². The Morgan fingerprint density at radius 3 is 2.10 bits per heavy atom. The van der Waals surface area contributed by atoms with E-state index in [9.17, 15) is 9.59 Å². The Kier molecular flexibility index (Phi) is 5.96. The monoisotopic (exact) mass is 394 g/mol. The van der Waals surface area contributed by atoms with Crippen molar-refractivity contribution < 1.29 is 14.3 Å². The van der Waals surface area contributed by atoms with E-state index >= 15 is 0 Å². The van der Waals surface area contributed by atoms with Gasteiger partial charge in [0, 0.05) is 12.2 Å². The molecule has 0 saturated heterocycles. The standard InChI is InChI=1S/C24H30N2O3/c1-23(2,3)18-7-9-19(10-8-18)26-22(28)24(14-15-24)21(27)25-16-13-17-5-11-20(29-4)12-6-17/h5-12H,13-16H2,1-4H3,(H,25,27)(H,26,28). The Morgan fingerprint density at radius 1 is 0.966 bits per heavy atom. The lowest BCUT2D eigenvalue weighted by Crippen LogP contribution is -2.40. The molecule has 0 radical (unpaired) electrons. The second kappa shape index (κ2) is 8.27. The summed E-state index contributed by atoms with van der Waals surface area (Å²) in [6.07, 6.45) is 1.89. The number of rotatable bonds is 7. The summed E-state index contributed by atoms with van der Waals surface area (Å²) in [6, 6.07) is 15.6. The summed E-state index contributed by atoms with van der Waals surface area (Å²) in [5.74, 6) is 0.403. The topological polar surface area (TPSA) is 67.4 Å². The van der Waals surface area contributed by atoms with Crippen LogP contribution in [0.25, 0.3) is 0 Å². The maximum Gasteiger partial charge on any atom is 0.240 e. The lowest BCUT2D eigenvalue weighted by Gasteiger charge is -2.20. The first-order valence-electron chi connectivity index (χ1n) is 10.1. The van der Waals surface area contributed by atoms with Gasteiger partial charge in [-0.15, -0.1) is 0 Å². The Bertz CT molecular complexity index is 860. The molecular formula is C24H30N2O3. The third-order valence-electron chi connectivity index (χ3n) is 5.49. The number of carbonyl (C=O) groups excluding carboxylic acids is 2. The molecule has 2 amide bonds. The van der Waals surface area contributed by atoms with Gasteiger partial charge in [-0.1, -0.05) is 45.0 Å². The first kappa shape index (κ1) is 20.9. The molecule has 0 atom stereocenters. The fourth-order valence-corrected chi connectivity index (χ4v) is 3.27. The molecule has 3 rings (SSSR count). The number of ether oxygens (including phenoxy) is 1. The molecule has 2 aromatic rings. The summed E-state index contributed by atoms with van der Waals surface area (Å²) < 4.78 is 5.15. The lowest BCUT2D eigenvalue weighted by atomic mass is 9.87. The molecule has 5 heteroatoms. The highest BCUT2D eigenvalue weighted by atomic mass is 16.5. The van der Waals surface area contributed by atoms with Crippen LogP contribution in [-0.4, -0.2) is 25.5 Å². The van der Waals surface area contributed by atoms with E-state index in [0.29, 0.717) is 25.8 Å². The van der Waals surface area contributed by atoms with Crippen molar-refractivity contribution in [1.29, 1.82) is 0 Å². The molecule has 0 spiro atoms. The highest BCUT2D eigenvalue weighted by Gasteiger charge is 2.56. The van der Waals surface area contributed by atoms with Crippen molar-refractivity contribution >= 4 is 17.5 Å². The van der Waals surface area contributed by atoms with Crippen LogP contribution in [0, 0.1) is 5.41 Å². The van der Waals surface area contributed by atoms with Gasteiger partial charge < -0.3 is 15.4 Å². The van der Waals surface area contributed by atoms with E-state index < -0.39 is 5.41 Å². The van der Waals surface area contributed by atoms with Crippen LogP contribution in [0.15, 0.2) is 48.5 Å². The van der Waals surface area contributed by atoms with Gasteiger partial charge in [-0.25, -0.2) is 0 Å². The fourth-order valence-electron chi connectivity index (χ4n) is 3.27. The van der Waals surface area contributed by atoms with E-state index in [1.165, 1.54) is 5.56 Å². The molecule has 0 unspecified atom stereocenters. The van der Waals surface area contributed by atoms with Crippen molar-refractivity contribution in [2.24, 2.45) is 5.41 Å². The van der Waals surface area contributed by atoms with Gasteiger partial charge in [0.1, 0.15) is 11.2 Å². The van der Waals surface area contributed by atoms with Crippen LogP contribution in [0.3, 0.4) is 0 Å². The van der Waals surface area contributed by atoms with Gasteiger partial charge in [0.15, 0.2) is 0 Å². The quantitative estimate of drug-likeness (QED) is 0.696. The molecule has 1 saturated carbocycles. The predicted molar refractivity (Wildman–Crippen MR) is 115 cm³/mol. The number of anilines is 1. The third kappa shape index (κ3) is 4.97. The van der Waals surface area contributed by atoms with E-state index in [2.05, 4.69) is 31.4 Å². The first-order chi connectivity index (χ1) is 13.7. The molecule has 1 aliphatic carbocycles. The normalized spacial score (nSPS) is 14.8. The zero-order valence-electron chi connectivity index (χ0n) is 17.7. The van der Waals surface area contributed by atoms with Gasteiger partial charge in [0.2, 0.25) is 11.8 Å². The minimum atomic E-state index is -0.928. The van der Waals surface area contributed by atoms with Crippen LogP contribution in [0.1, 0.15) is 44.7 Å². The van der Waals surface area contributed by atoms with E-state index in [1.807, 2.05) is 48.5 Å². The minimum absolute atomic E-state index is 0.0595. The molecule has 29 heavy (non-hydrogen) atoms. The molecule has 0 bridgehead atoms. The number of nitrogens with one attached hydrogen (secondary N) is 2. The van der Waals surface area contributed by atoms with Crippen molar-refractivity contribution in [1.82, 2.24) is 5.32 Å². The second-order valence-electron chi connectivity index (χ2n) is 8.72. The number of methoxy groups -OCH3 is 1. The minimum Gasteiger partial charge on any atom is -0.497 e. The molecule has 2 N–H and O–H groups in total. The summed E-state index contributed by atoms with van der Waals surface area (Å²) in [5.41, 5.74) is 2.17. The van der Waals surface area contributed by atoms with Crippen molar-refractivity contribution in [3.8, 4) is 5.75 Å². The maximum absolute atomic E-state index is 12.7. The number of benzene rings is 2. The van der Waals surface area contributed by atoms with Crippen molar-refractivity contribution in [3.05, 3.63) is 59.7 Å². The number of hydrogen-bond acceptors (Lipinski definition) is 3. The molecule has 0 aromatic heterocycles. The summed E-state index contributed by atoms with van der Waals surface area (Å²) >= 11 is 0. The second-order valence-corrected chi connectivity index (χ2v) is 8.72. The van der Waals surface area contributed by atoms with Crippen LogP contribution in [-0.2, 0) is 21.4 Å². The van der Waals surface area contributed by atoms with Crippen LogP contribution in [0.2, 0.25) is 0 Å². The van der Waals surface area contributed by atoms with E-state index in [1.54, 1.807) is 7.11 Å². The lowest BCUT2D eigenvalue weighted by molar-refractivity contribution is -0.134. The van der Waals surface area contributed by atoms with Crippen molar-refractivity contribution in [2.45, 2.75) is 45.4 Å². The molecule has 1 aliphatic rings. The van der Waals surface area contributed by atoms with E-state index in [-0.39, 0.29) is 17.2 Å². The van der Waals surface area contributed by atoms with Gasteiger partial charge in [0.05, 0.1) is 7.11 Å². The van der Waals surface area contributed by atoms with Crippen molar-refractivity contribution in [2.75, 3.05) is 19.0 Å². The van der Waals surface area contributed by atoms with Crippen LogP contribution >= 0.6 is 0 Å². The highest BCUT2D eigenvalue weighted by Crippen LogP contribution is 2.46. The van der Waals surface area contributed by atoms with E-state index in [4.69, 9.17) is 4.74 Å². The van der Waals surface area contributed by atoms with Gasteiger partial charge in [-0.05, 0) is 60.1 Å². The summed E-state index contributed by atoms with van der Waals surface area (Å²) in [6.45, 7) is 6.95. The fraction of sp³-hybridized carbons (Fsp3) is 0.417. The molecule has 5 nitrogen and oxygen atoms in total. The summed E-state index contributed by atoms with van der Waals surface area (Å²) in [5, 5.41) is 5.84. The van der Waals surface area contributed by atoms with Crippen LogP contribution < -0.4 is 15.4 Å². The summed E-state index contributed by atoms with van der Waals surface area (Å²) in [4.78, 5) is 25.4. The Hall–Kier alpha value is -2.82. The smallest absolute Gasteiger partial charge is 0.240 e. The Balaban J connectivity index is 1.52. The molecule has 2 aromatic carbocycles. The number of hydrogen-bond donors (Lipinski definition) is 2. The van der Waals surface area contributed by atoms with Crippen LogP contribution in [0.5, 0.6) is 5.75 Å². The van der Waals surface area contributed by atoms with E-state index in [0.717, 1.165) is 17.0 Å². The molecule has 1 fully saturated rings. The van der Waals surface area contributed by atoms with Gasteiger partial charge >= 0.3 is 0 Å². The average Bonchev–Trinajstić information content (AvgIpc) is 3.50. The molecular weight excluding hydrogens is 364 g/mol. The maximum atomic E-state index is 12.7. The zero-order valence-corrected chi connectivity index (χ0v) is 17.7. The number of carbonyl (C=O) groups is 2. The first-order valence-corrected chi connectivity index (χ1v) is 10.1. The number of amides is 2. The molecule has 154 valence electrons. The molecule has 0 heterocycles. The summed E-state index contributed by atoms with van der Waals surface area (Å²) in [7, 11) is 1.63. The molecule has 0 aliphatic heterocycles. The average molecular weight is 395 g/mol. The third-order valence-corrected chi connectivity index (χ3v) is 5.49. The largest absolute Gasteiger partial charge is 0.497 e. The SMILES string of the molecule is COc1ccc(CCNC(=O)C2(C(=O)Nc3ccc(C(C)(C)C)cc3)CC2)cc1. The predicted octanol–water partition coefficient (Wildman–Crippen LogP) is 4.07.